The molecule has 25 heavy (non-hydrogen) atoms. The molecule has 0 amide bonds. The van der Waals surface area contributed by atoms with E-state index in [0.717, 1.165) is 42.9 Å². The number of hydrogen-bond donors (Lipinski definition) is 1. The third-order valence-corrected chi connectivity index (χ3v) is 4.58. The van der Waals surface area contributed by atoms with Crippen LogP contribution in [0, 0.1) is 17.2 Å². The molecule has 3 aromatic heterocycles. The minimum Gasteiger partial charge on any atom is -0.369 e. The molecule has 0 bridgehead atoms. The maximum Gasteiger partial charge on any atom is 0.163 e. The Kier molecular flexibility index (Phi) is 3.90. The topological polar surface area (TPSA) is 95.6 Å². The Bertz CT molecular complexity index is 941. The van der Waals surface area contributed by atoms with Crippen molar-refractivity contribution in [1.29, 1.82) is 5.26 Å². The summed E-state index contributed by atoms with van der Waals surface area (Å²) in [6.45, 7) is 2.63. The second-order valence-electron chi connectivity index (χ2n) is 6.20. The normalized spacial score (nSPS) is 17.0. The van der Waals surface area contributed by atoms with Crippen LogP contribution in [-0.4, -0.2) is 44.4 Å². The van der Waals surface area contributed by atoms with Crippen LogP contribution < -0.4 is 10.2 Å². The first-order valence-electron chi connectivity index (χ1n) is 8.23. The molecule has 4 rings (SSSR count). The second-order valence-corrected chi connectivity index (χ2v) is 6.20. The van der Waals surface area contributed by atoms with Crippen molar-refractivity contribution in [3.05, 3.63) is 36.4 Å². The van der Waals surface area contributed by atoms with Crippen molar-refractivity contribution in [2.45, 2.75) is 6.42 Å². The number of nitrogens with zero attached hydrogens (tertiary/aromatic N) is 7. The molecular weight excluding hydrogens is 316 g/mol. The molecule has 0 saturated carbocycles. The van der Waals surface area contributed by atoms with Crippen LogP contribution >= 0.6 is 0 Å². The van der Waals surface area contributed by atoms with Gasteiger partial charge in [0.15, 0.2) is 5.65 Å². The standard InChI is InChI=1S/C17H18N8/c1-24-16-14(9-23-24)17(22-11-21-16)25-6-4-12(10-25)8-20-15-13(7-18)3-2-5-19-15/h2-3,5,9,11-12H,4,6,8,10H2,1H3,(H,19,20). The summed E-state index contributed by atoms with van der Waals surface area (Å²) in [4.78, 5) is 15.3. The smallest absolute Gasteiger partial charge is 0.163 e. The Morgan fingerprint density at radius 1 is 1.36 bits per heavy atom. The van der Waals surface area contributed by atoms with Gasteiger partial charge in [-0.05, 0) is 24.5 Å². The minimum absolute atomic E-state index is 0.468. The molecule has 1 unspecified atom stereocenters. The lowest BCUT2D eigenvalue weighted by atomic mass is 10.1. The molecule has 3 aromatic rings. The molecule has 0 spiro atoms. The second kappa shape index (κ2) is 6.36. The number of aromatic nitrogens is 5. The fraction of sp³-hybridized carbons (Fsp3) is 0.353. The average Bonchev–Trinajstić information content (AvgIpc) is 3.27. The van der Waals surface area contributed by atoms with E-state index in [-0.39, 0.29) is 0 Å². The van der Waals surface area contributed by atoms with Gasteiger partial charge in [-0.1, -0.05) is 0 Å². The summed E-state index contributed by atoms with van der Waals surface area (Å²) >= 11 is 0. The van der Waals surface area contributed by atoms with Crippen LogP contribution in [-0.2, 0) is 7.05 Å². The average molecular weight is 334 g/mol. The molecular formula is C17H18N8. The van der Waals surface area contributed by atoms with Crippen molar-refractivity contribution in [1.82, 2.24) is 24.7 Å². The minimum atomic E-state index is 0.468. The predicted molar refractivity (Wildman–Crippen MR) is 94.1 cm³/mol. The van der Waals surface area contributed by atoms with Crippen molar-refractivity contribution in [2.24, 2.45) is 13.0 Å². The molecule has 0 aliphatic carbocycles. The molecule has 1 fully saturated rings. The lowest BCUT2D eigenvalue weighted by molar-refractivity contribution is 0.621. The van der Waals surface area contributed by atoms with Crippen molar-refractivity contribution < 1.29 is 0 Å². The Hall–Kier alpha value is -3.21. The molecule has 1 aliphatic rings. The van der Waals surface area contributed by atoms with Crippen LogP contribution in [0.4, 0.5) is 11.6 Å². The molecule has 8 heteroatoms. The fourth-order valence-corrected chi connectivity index (χ4v) is 3.27. The molecule has 126 valence electrons. The summed E-state index contributed by atoms with van der Waals surface area (Å²) in [5.74, 6) is 2.06. The molecule has 1 atom stereocenters. The van der Waals surface area contributed by atoms with Crippen LogP contribution in [0.3, 0.4) is 0 Å². The van der Waals surface area contributed by atoms with Gasteiger partial charge in [0, 0.05) is 32.9 Å². The highest BCUT2D eigenvalue weighted by molar-refractivity contribution is 5.86. The molecule has 4 heterocycles. The van der Waals surface area contributed by atoms with E-state index in [1.807, 2.05) is 13.2 Å². The number of nitrogens with one attached hydrogen (secondary N) is 1. The van der Waals surface area contributed by atoms with Gasteiger partial charge in [-0.3, -0.25) is 4.68 Å². The van der Waals surface area contributed by atoms with Gasteiger partial charge in [0.05, 0.1) is 17.1 Å². The quantitative estimate of drug-likeness (QED) is 0.773. The highest BCUT2D eigenvalue weighted by Gasteiger charge is 2.25. The highest BCUT2D eigenvalue weighted by Crippen LogP contribution is 2.27. The van der Waals surface area contributed by atoms with Crippen LogP contribution in [0.5, 0.6) is 0 Å². The zero-order valence-electron chi connectivity index (χ0n) is 13.9. The molecule has 1 saturated heterocycles. The van der Waals surface area contributed by atoms with Crippen LogP contribution in [0.15, 0.2) is 30.9 Å². The zero-order valence-corrected chi connectivity index (χ0v) is 13.9. The molecule has 1 N–H and O–H groups in total. The van der Waals surface area contributed by atoms with Gasteiger partial charge in [-0.25, -0.2) is 15.0 Å². The van der Waals surface area contributed by atoms with E-state index in [1.165, 1.54) is 0 Å². The zero-order chi connectivity index (χ0) is 17.2. The maximum atomic E-state index is 9.14. The number of nitriles is 1. The first kappa shape index (κ1) is 15.3. The van der Waals surface area contributed by atoms with Gasteiger partial charge in [0.25, 0.3) is 0 Å². The van der Waals surface area contributed by atoms with Gasteiger partial charge in [-0.15, -0.1) is 0 Å². The number of aryl methyl sites for hydroxylation is 1. The van der Waals surface area contributed by atoms with Gasteiger partial charge >= 0.3 is 0 Å². The third-order valence-electron chi connectivity index (χ3n) is 4.58. The van der Waals surface area contributed by atoms with E-state index in [1.54, 1.807) is 29.3 Å². The maximum absolute atomic E-state index is 9.14. The van der Waals surface area contributed by atoms with Gasteiger partial charge in [-0.2, -0.15) is 10.4 Å². The van der Waals surface area contributed by atoms with E-state index in [2.05, 4.69) is 36.3 Å². The Balaban J connectivity index is 1.45. The van der Waals surface area contributed by atoms with Crippen LogP contribution in [0.1, 0.15) is 12.0 Å². The molecule has 8 nitrogen and oxygen atoms in total. The van der Waals surface area contributed by atoms with Gasteiger partial charge in [0.1, 0.15) is 24.0 Å². The van der Waals surface area contributed by atoms with E-state index in [0.29, 0.717) is 17.3 Å². The van der Waals surface area contributed by atoms with Gasteiger partial charge in [0.2, 0.25) is 0 Å². The monoisotopic (exact) mass is 334 g/mol. The predicted octanol–water partition coefficient (Wildman–Crippen LogP) is 1.57. The summed E-state index contributed by atoms with van der Waals surface area (Å²) < 4.78 is 1.76. The largest absolute Gasteiger partial charge is 0.369 e. The van der Waals surface area contributed by atoms with Crippen LogP contribution in [0.25, 0.3) is 11.0 Å². The number of rotatable bonds is 4. The fourth-order valence-electron chi connectivity index (χ4n) is 3.27. The van der Waals surface area contributed by atoms with Gasteiger partial charge < -0.3 is 10.2 Å². The van der Waals surface area contributed by atoms with E-state index in [4.69, 9.17) is 5.26 Å². The molecule has 1 aliphatic heterocycles. The highest BCUT2D eigenvalue weighted by atomic mass is 15.3. The first-order chi connectivity index (χ1) is 12.3. The summed E-state index contributed by atoms with van der Waals surface area (Å²) in [6.07, 6.45) is 6.18. The summed E-state index contributed by atoms with van der Waals surface area (Å²) in [6, 6.07) is 5.71. The SMILES string of the molecule is Cn1ncc2c(N3CCC(CNc4ncccc4C#N)C3)ncnc21. The Labute approximate surface area is 145 Å². The Morgan fingerprint density at radius 2 is 2.28 bits per heavy atom. The van der Waals surface area contributed by atoms with Crippen molar-refractivity contribution in [2.75, 3.05) is 29.9 Å². The number of hydrogen-bond acceptors (Lipinski definition) is 7. The van der Waals surface area contributed by atoms with E-state index >= 15 is 0 Å². The van der Waals surface area contributed by atoms with E-state index in [9.17, 15) is 0 Å². The Morgan fingerprint density at radius 3 is 3.16 bits per heavy atom. The van der Waals surface area contributed by atoms with Crippen molar-refractivity contribution in [3.8, 4) is 6.07 Å². The lowest BCUT2D eigenvalue weighted by Gasteiger charge is -2.18. The van der Waals surface area contributed by atoms with Crippen molar-refractivity contribution >= 4 is 22.7 Å². The number of pyridine rings is 1. The number of anilines is 2. The molecule has 0 radical (unpaired) electrons. The third kappa shape index (κ3) is 2.85. The number of fused-ring (bicyclic) bond motifs is 1. The summed E-state index contributed by atoms with van der Waals surface area (Å²) in [5.41, 5.74) is 1.42. The molecule has 0 aromatic carbocycles. The first-order valence-corrected chi connectivity index (χ1v) is 8.23. The van der Waals surface area contributed by atoms with E-state index < -0.39 is 0 Å². The lowest BCUT2D eigenvalue weighted by Crippen LogP contribution is -2.23. The van der Waals surface area contributed by atoms with Crippen molar-refractivity contribution in [3.63, 3.8) is 0 Å². The van der Waals surface area contributed by atoms with Crippen LogP contribution in [0.2, 0.25) is 0 Å². The summed E-state index contributed by atoms with van der Waals surface area (Å²) in [5, 5.41) is 17.7. The summed E-state index contributed by atoms with van der Waals surface area (Å²) in [7, 11) is 1.88.